The lowest BCUT2D eigenvalue weighted by Crippen LogP contribution is -2.56. The lowest BCUT2D eigenvalue weighted by Gasteiger charge is -2.24. The summed E-state index contributed by atoms with van der Waals surface area (Å²) in [4.78, 5) is 53.0. The maximum atomic E-state index is 12.8. The van der Waals surface area contributed by atoms with Gasteiger partial charge in [-0.05, 0) is 57.9 Å². The average Bonchev–Trinajstić information content (AvgIpc) is 2.73. The number of aliphatic carboxylic acids is 1. The highest BCUT2D eigenvalue weighted by atomic mass is 16.4. The second-order valence-electron chi connectivity index (χ2n) is 8.66. The maximum absolute atomic E-state index is 12.8. The third-order valence-electron chi connectivity index (χ3n) is 4.95. The van der Waals surface area contributed by atoms with E-state index in [0.717, 1.165) is 0 Å². The lowest BCUT2D eigenvalue weighted by molar-refractivity contribution is -0.142. The summed E-state index contributed by atoms with van der Waals surface area (Å²) >= 11 is 0. The van der Waals surface area contributed by atoms with Gasteiger partial charge in [0.05, 0.1) is 6.04 Å². The summed E-state index contributed by atoms with van der Waals surface area (Å²) in [5, 5.41) is 16.9. The van der Waals surface area contributed by atoms with Gasteiger partial charge < -0.3 is 44.0 Å². The molecule has 0 spiro atoms. The molecule has 0 aromatic carbocycles. The Morgan fingerprint density at radius 1 is 0.853 bits per heavy atom. The van der Waals surface area contributed by atoms with Gasteiger partial charge in [-0.2, -0.15) is 0 Å². The first kappa shape index (κ1) is 31.1. The summed E-state index contributed by atoms with van der Waals surface area (Å²) in [5.41, 5.74) is 21.9. The molecule has 0 aromatic rings. The molecule has 0 saturated heterocycles. The molecule has 0 aliphatic carbocycles. The van der Waals surface area contributed by atoms with Crippen molar-refractivity contribution in [3.8, 4) is 0 Å². The Labute approximate surface area is 200 Å². The number of rotatable bonds is 17. The first-order chi connectivity index (χ1) is 15.9. The van der Waals surface area contributed by atoms with E-state index in [4.69, 9.17) is 22.9 Å². The molecule has 34 heavy (non-hydrogen) atoms. The largest absolute Gasteiger partial charge is 0.480 e. The number of hydrogen-bond acceptors (Lipinski definition) is 7. The Balaban J connectivity index is 5.14. The van der Waals surface area contributed by atoms with Gasteiger partial charge in [-0.25, -0.2) is 4.79 Å². The van der Waals surface area contributed by atoms with Crippen LogP contribution in [0.4, 0.5) is 0 Å². The van der Waals surface area contributed by atoms with Gasteiger partial charge in [-0.15, -0.1) is 0 Å². The molecular weight excluding hydrogens is 444 g/mol. The third-order valence-corrected chi connectivity index (χ3v) is 4.95. The molecule has 0 fully saturated rings. The lowest BCUT2D eigenvalue weighted by atomic mass is 10.0. The van der Waals surface area contributed by atoms with Crippen LogP contribution in [0.3, 0.4) is 0 Å². The molecule has 0 aliphatic heterocycles. The summed E-state index contributed by atoms with van der Waals surface area (Å²) in [6.07, 6.45) is 2.41. The summed E-state index contributed by atoms with van der Waals surface area (Å²) < 4.78 is 0. The van der Waals surface area contributed by atoms with E-state index in [2.05, 4.69) is 20.9 Å². The van der Waals surface area contributed by atoms with Crippen LogP contribution in [-0.4, -0.2) is 72.0 Å². The van der Waals surface area contributed by atoms with E-state index < -0.39 is 47.9 Å². The molecule has 4 unspecified atom stereocenters. The topological polar surface area (TPSA) is 241 Å². The van der Waals surface area contributed by atoms with E-state index in [1.165, 1.54) is 6.92 Å². The number of carbonyl (C=O) groups is 4. The SMILES string of the molecule is CC(C)CC(N)C(=O)NC(CCCN=C(N)N)C(=O)NC(C)C(=O)NC(CCCCN)C(=O)O. The Kier molecular flexibility index (Phi) is 15.2. The molecule has 196 valence electrons. The van der Waals surface area contributed by atoms with Crippen LogP contribution < -0.4 is 38.9 Å². The fourth-order valence-corrected chi connectivity index (χ4v) is 3.09. The van der Waals surface area contributed by atoms with Crippen molar-refractivity contribution in [2.45, 2.75) is 83.5 Å². The molecule has 3 amide bonds. The van der Waals surface area contributed by atoms with E-state index >= 15 is 0 Å². The first-order valence-electron chi connectivity index (χ1n) is 11.5. The second-order valence-corrected chi connectivity index (χ2v) is 8.66. The van der Waals surface area contributed by atoms with Crippen LogP contribution in [0.1, 0.15) is 59.3 Å². The van der Waals surface area contributed by atoms with Gasteiger partial charge in [0, 0.05) is 6.54 Å². The maximum Gasteiger partial charge on any atom is 0.326 e. The number of carbonyl (C=O) groups excluding carboxylic acids is 3. The highest BCUT2D eigenvalue weighted by molar-refractivity contribution is 5.93. The van der Waals surface area contributed by atoms with E-state index in [1.807, 2.05) is 13.8 Å². The van der Waals surface area contributed by atoms with Crippen LogP contribution in [0.5, 0.6) is 0 Å². The standard InChI is InChI=1S/C21H42N8O5/c1-12(2)11-14(23)18(31)28-15(8-6-10-26-21(24)25)19(32)27-13(3)17(30)29-16(20(33)34)7-4-5-9-22/h12-16H,4-11,22-23H2,1-3H3,(H,27,32)(H,28,31)(H,29,30)(H,33,34)(H4,24,25,26). The van der Waals surface area contributed by atoms with Gasteiger partial charge >= 0.3 is 5.97 Å². The fraction of sp³-hybridized carbons (Fsp3) is 0.762. The van der Waals surface area contributed by atoms with Crippen LogP contribution in [0.2, 0.25) is 0 Å². The van der Waals surface area contributed by atoms with Gasteiger partial charge in [-0.3, -0.25) is 19.4 Å². The number of nitrogens with two attached hydrogens (primary N) is 4. The summed E-state index contributed by atoms with van der Waals surface area (Å²) in [7, 11) is 0. The molecule has 0 aliphatic rings. The number of hydrogen-bond donors (Lipinski definition) is 8. The number of unbranched alkanes of at least 4 members (excludes halogenated alkanes) is 1. The van der Waals surface area contributed by atoms with Crippen molar-refractivity contribution < 1.29 is 24.3 Å². The molecule has 4 atom stereocenters. The normalized spacial score (nSPS) is 14.4. The molecule has 0 radical (unpaired) electrons. The number of nitrogens with one attached hydrogen (secondary N) is 3. The molecular formula is C21H42N8O5. The molecule has 0 rings (SSSR count). The Morgan fingerprint density at radius 2 is 1.44 bits per heavy atom. The van der Waals surface area contributed by atoms with Gasteiger partial charge in [-0.1, -0.05) is 13.8 Å². The summed E-state index contributed by atoms with van der Waals surface area (Å²) in [6, 6.07) is -3.90. The first-order valence-corrected chi connectivity index (χ1v) is 11.5. The smallest absolute Gasteiger partial charge is 0.326 e. The molecule has 13 heteroatoms. The zero-order valence-electron chi connectivity index (χ0n) is 20.4. The van der Waals surface area contributed by atoms with Crippen molar-refractivity contribution in [1.29, 1.82) is 0 Å². The molecule has 0 heterocycles. The van der Waals surface area contributed by atoms with E-state index in [-0.39, 0.29) is 31.3 Å². The van der Waals surface area contributed by atoms with Crippen LogP contribution in [0, 0.1) is 5.92 Å². The van der Waals surface area contributed by atoms with Crippen molar-refractivity contribution in [1.82, 2.24) is 16.0 Å². The van der Waals surface area contributed by atoms with Gasteiger partial charge in [0.1, 0.15) is 18.1 Å². The van der Waals surface area contributed by atoms with Crippen LogP contribution in [-0.2, 0) is 19.2 Å². The van der Waals surface area contributed by atoms with E-state index in [9.17, 15) is 24.3 Å². The number of carboxylic acids is 1. The van der Waals surface area contributed by atoms with Crippen LogP contribution in [0.25, 0.3) is 0 Å². The number of amides is 3. The van der Waals surface area contributed by atoms with Gasteiger partial charge in [0.2, 0.25) is 17.7 Å². The van der Waals surface area contributed by atoms with Gasteiger partial charge in [0.15, 0.2) is 5.96 Å². The molecule has 0 aromatic heterocycles. The third kappa shape index (κ3) is 13.6. The summed E-state index contributed by atoms with van der Waals surface area (Å²) in [6.45, 7) is 5.94. The highest BCUT2D eigenvalue weighted by Gasteiger charge is 2.28. The van der Waals surface area contributed by atoms with Crippen molar-refractivity contribution in [3.05, 3.63) is 0 Å². The number of carboxylic acid groups (broad SMARTS) is 1. The Bertz CT molecular complexity index is 697. The van der Waals surface area contributed by atoms with Crippen molar-refractivity contribution >= 4 is 29.7 Å². The summed E-state index contributed by atoms with van der Waals surface area (Å²) in [5.74, 6) is -2.83. The fourth-order valence-electron chi connectivity index (χ4n) is 3.09. The average molecular weight is 487 g/mol. The van der Waals surface area contributed by atoms with Gasteiger partial charge in [0.25, 0.3) is 0 Å². The highest BCUT2D eigenvalue weighted by Crippen LogP contribution is 2.06. The zero-order valence-corrected chi connectivity index (χ0v) is 20.4. The van der Waals surface area contributed by atoms with E-state index in [0.29, 0.717) is 32.2 Å². The monoisotopic (exact) mass is 486 g/mol. The van der Waals surface area contributed by atoms with Crippen molar-refractivity contribution in [2.75, 3.05) is 13.1 Å². The molecule has 0 bridgehead atoms. The minimum Gasteiger partial charge on any atom is -0.480 e. The number of guanidine groups is 1. The molecule has 13 nitrogen and oxygen atoms in total. The second kappa shape index (κ2) is 16.6. The van der Waals surface area contributed by atoms with Crippen LogP contribution >= 0.6 is 0 Å². The zero-order chi connectivity index (χ0) is 26.3. The molecule has 12 N–H and O–H groups in total. The predicted molar refractivity (Wildman–Crippen MR) is 129 cm³/mol. The predicted octanol–water partition coefficient (Wildman–Crippen LogP) is -1.90. The van der Waals surface area contributed by atoms with Crippen LogP contribution in [0.15, 0.2) is 4.99 Å². The van der Waals surface area contributed by atoms with E-state index in [1.54, 1.807) is 0 Å². The minimum atomic E-state index is -1.17. The van der Waals surface area contributed by atoms with Crippen molar-refractivity contribution in [3.63, 3.8) is 0 Å². The quantitative estimate of drug-likeness (QED) is 0.0649. The number of nitrogens with zero attached hydrogens (tertiary/aromatic N) is 1. The number of aliphatic imine (C=N–C) groups is 1. The van der Waals surface area contributed by atoms with Crippen molar-refractivity contribution in [2.24, 2.45) is 33.8 Å². The minimum absolute atomic E-state index is 0.0891. The Morgan fingerprint density at radius 3 is 1.97 bits per heavy atom. The molecule has 0 saturated carbocycles. The Hall–Kier alpha value is -2.93.